The molecule has 23 heavy (non-hydrogen) atoms. The second-order valence-electron chi connectivity index (χ2n) is 5.78. The van der Waals surface area contributed by atoms with Crippen molar-refractivity contribution in [1.29, 1.82) is 0 Å². The Morgan fingerprint density at radius 2 is 1.91 bits per heavy atom. The molecule has 4 nitrogen and oxygen atoms in total. The summed E-state index contributed by atoms with van der Waals surface area (Å²) in [6.45, 7) is 2.02. The highest BCUT2D eigenvalue weighted by Gasteiger charge is 2.13. The predicted octanol–water partition coefficient (Wildman–Crippen LogP) is 4.45. The van der Waals surface area contributed by atoms with Crippen LogP contribution in [0.15, 0.2) is 42.5 Å². The van der Waals surface area contributed by atoms with Crippen molar-refractivity contribution < 1.29 is 4.79 Å². The van der Waals surface area contributed by atoms with Gasteiger partial charge in [0.1, 0.15) is 5.69 Å². The van der Waals surface area contributed by atoms with Crippen LogP contribution in [0.2, 0.25) is 5.02 Å². The number of nitrogens with one attached hydrogen (secondary N) is 2. The van der Waals surface area contributed by atoms with Crippen LogP contribution >= 0.6 is 11.6 Å². The summed E-state index contributed by atoms with van der Waals surface area (Å²) in [6, 6.07) is 13.3. The Kier molecular flexibility index (Phi) is 4.01. The molecule has 0 aliphatic heterocycles. The molecule has 0 radical (unpaired) electrons. The Hall–Kier alpha value is -2.46. The van der Waals surface area contributed by atoms with Crippen molar-refractivity contribution in [1.82, 2.24) is 4.98 Å². The van der Waals surface area contributed by atoms with Crippen LogP contribution < -0.4 is 10.2 Å². The number of benzene rings is 2. The minimum atomic E-state index is -0.191. The predicted molar refractivity (Wildman–Crippen MR) is 96.8 cm³/mol. The summed E-state index contributed by atoms with van der Waals surface area (Å²) in [4.78, 5) is 17.6. The number of aromatic amines is 1. The van der Waals surface area contributed by atoms with Gasteiger partial charge >= 0.3 is 0 Å². The molecular weight excluding hydrogens is 310 g/mol. The van der Waals surface area contributed by atoms with E-state index in [2.05, 4.69) is 10.3 Å². The van der Waals surface area contributed by atoms with Crippen molar-refractivity contribution >= 4 is 39.8 Å². The number of anilines is 2. The van der Waals surface area contributed by atoms with Gasteiger partial charge in [0.15, 0.2) is 0 Å². The summed E-state index contributed by atoms with van der Waals surface area (Å²) in [5, 5.41) is 4.52. The van der Waals surface area contributed by atoms with E-state index in [0.717, 1.165) is 22.2 Å². The fraction of sp³-hybridized carbons (Fsp3) is 0.167. The highest BCUT2D eigenvalue weighted by molar-refractivity contribution is 6.31. The SMILES string of the molecule is Cc1ccc2cc(C(=O)Nc3cc(Cl)ccc3N(C)C)[nH]c2c1. The summed E-state index contributed by atoms with van der Waals surface area (Å²) in [6.07, 6.45) is 0. The van der Waals surface area contributed by atoms with Crippen LogP contribution in [0.1, 0.15) is 16.1 Å². The van der Waals surface area contributed by atoms with Gasteiger partial charge in [-0.1, -0.05) is 23.7 Å². The summed E-state index contributed by atoms with van der Waals surface area (Å²) in [5.41, 5.74) is 4.21. The maximum Gasteiger partial charge on any atom is 0.272 e. The van der Waals surface area contributed by atoms with E-state index in [9.17, 15) is 4.79 Å². The summed E-state index contributed by atoms with van der Waals surface area (Å²) < 4.78 is 0. The molecule has 0 aliphatic carbocycles. The van der Waals surface area contributed by atoms with E-state index in [4.69, 9.17) is 11.6 Å². The van der Waals surface area contributed by atoms with Gasteiger partial charge in [0.05, 0.1) is 11.4 Å². The molecule has 0 saturated heterocycles. The van der Waals surface area contributed by atoms with Crippen LogP contribution in [-0.4, -0.2) is 25.0 Å². The molecule has 2 N–H and O–H groups in total. The molecule has 5 heteroatoms. The minimum absolute atomic E-state index is 0.191. The molecular formula is C18H18ClN3O. The quantitative estimate of drug-likeness (QED) is 0.746. The molecule has 0 fully saturated rings. The van der Waals surface area contributed by atoms with Crippen LogP contribution in [-0.2, 0) is 0 Å². The molecule has 118 valence electrons. The van der Waals surface area contributed by atoms with Crippen LogP contribution in [0.4, 0.5) is 11.4 Å². The first-order valence-electron chi connectivity index (χ1n) is 7.31. The van der Waals surface area contributed by atoms with Crippen LogP contribution in [0.3, 0.4) is 0 Å². The first kappa shape index (κ1) is 15.4. The van der Waals surface area contributed by atoms with Gasteiger partial charge in [-0.3, -0.25) is 4.79 Å². The van der Waals surface area contributed by atoms with Gasteiger partial charge < -0.3 is 15.2 Å². The number of nitrogens with zero attached hydrogens (tertiary/aromatic N) is 1. The standard InChI is InChI=1S/C18H18ClN3O/c1-11-4-5-12-9-16(20-14(12)8-11)18(23)21-15-10-13(19)6-7-17(15)22(2)3/h4-10,20H,1-3H3,(H,21,23). The van der Waals surface area contributed by atoms with E-state index >= 15 is 0 Å². The summed E-state index contributed by atoms with van der Waals surface area (Å²) >= 11 is 6.05. The number of hydrogen-bond acceptors (Lipinski definition) is 2. The molecule has 1 aromatic heterocycles. The third kappa shape index (κ3) is 3.17. The van der Waals surface area contributed by atoms with Gasteiger partial charge in [-0.05, 0) is 42.8 Å². The zero-order valence-corrected chi connectivity index (χ0v) is 14.0. The van der Waals surface area contributed by atoms with E-state index in [-0.39, 0.29) is 5.91 Å². The van der Waals surface area contributed by atoms with E-state index in [1.165, 1.54) is 0 Å². The smallest absolute Gasteiger partial charge is 0.272 e. The molecule has 3 rings (SSSR count). The number of H-pyrrole nitrogens is 1. The second kappa shape index (κ2) is 5.97. The number of aromatic nitrogens is 1. The zero-order valence-electron chi connectivity index (χ0n) is 13.3. The number of amides is 1. The van der Waals surface area contributed by atoms with Gasteiger partial charge in [0.2, 0.25) is 0 Å². The lowest BCUT2D eigenvalue weighted by molar-refractivity contribution is 0.102. The minimum Gasteiger partial charge on any atom is -0.376 e. The van der Waals surface area contributed by atoms with Crippen molar-refractivity contribution in [2.45, 2.75) is 6.92 Å². The third-order valence-electron chi connectivity index (χ3n) is 3.71. The van der Waals surface area contributed by atoms with Gasteiger partial charge in [-0.15, -0.1) is 0 Å². The van der Waals surface area contributed by atoms with E-state index in [1.807, 2.05) is 56.3 Å². The van der Waals surface area contributed by atoms with Gasteiger partial charge in [0, 0.05) is 30.0 Å². The van der Waals surface area contributed by atoms with Gasteiger partial charge in [0.25, 0.3) is 5.91 Å². The number of carbonyl (C=O) groups excluding carboxylic acids is 1. The molecule has 0 unspecified atom stereocenters. The second-order valence-corrected chi connectivity index (χ2v) is 6.22. The van der Waals surface area contributed by atoms with Crippen molar-refractivity contribution in [2.24, 2.45) is 0 Å². The van der Waals surface area contributed by atoms with Crippen molar-refractivity contribution in [3.05, 3.63) is 58.7 Å². The van der Waals surface area contributed by atoms with Crippen molar-refractivity contribution in [3.8, 4) is 0 Å². The number of rotatable bonds is 3. The first-order chi connectivity index (χ1) is 10.9. The highest BCUT2D eigenvalue weighted by Crippen LogP contribution is 2.28. The van der Waals surface area contributed by atoms with Crippen LogP contribution in [0.25, 0.3) is 10.9 Å². The normalized spacial score (nSPS) is 10.8. The Morgan fingerprint density at radius 1 is 1.13 bits per heavy atom. The largest absolute Gasteiger partial charge is 0.376 e. The lowest BCUT2D eigenvalue weighted by atomic mass is 10.2. The first-order valence-corrected chi connectivity index (χ1v) is 7.69. The Morgan fingerprint density at radius 3 is 2.65 bits per heavy atom. The number of fused-ring (bicyclic) bond motifs is 1. The third-order valence-corrected chi connectivity index (χ3v) is 3.95. The molecule has 3 aromatic rings. The Bertz CT molecular complexity index is 883. The summed E-state index contributed by atoms with van der Waals surface area (Å²) in [7, 11) is 3.84. The van der Waals surface area contributed by atoms with Gasteiger partial charge in [-0.2, -0.15) is 0 Å². The lowest BCUT2D eigenvalue weighted by Gasteiger charge is -2.18. The number of hydrogen-bond donors (Lipinski definition) is 2. The fourth-order valence-corrected chi connectivity index (χ4v) is 2.72. The molecule has 0 spiro atoms. The molecule has 1 amide bonds. The number of halogens is 1. The molecule has 0 saturated carbocycles. The molecule has 1 heterocycles. The maximum absolute atomic E-state index is 12.6. The topological polar surface area (TPSA) is 48.1 Å². The monoisotopic (exact) mass is 327 g/mol. The molecule has 0 bridgehead atoms. The Labute approximate surface area is 140 Å². The summed E-state index contributed by atoms with van der Waals surface area (Å²) in [5.74, 6) is -0.191. The maximum atomic E-state index is 12.6. The van der Waals surface area contributed by atoms with Crippen molar-refractivity contribution in [3.63, 3.8) is 0 Å². The van der Waals surface area contributed by atoms with Crippen LogP contribution in [0.5, 0.6) is 0 Å². The highest BCUT2D eigenvalue weighted by atomic mass is 35.5. The zero-order chi connectivity index (χ0) is 16.6. The van der Waals surface area contributed by atoms with E-state index in [0.29, 0.717) is 16.4 Å². The average Bonchev–Trinajstić information content (AvgIpc) is 2.90. The molecule has 0 aliphatic rings. The fourth-order valence-electron chi connectivity index (χ4n) is 2.55. The van der Waals surface area contributed by atoms with Crippen molar-refractivity contribution in [2.75, 3.05) is 24.3 Å². The lowest BCUT2D eigenvalue weighted by Crippen LogP contribution is -2.17. The van der Waals surface area contributed by atoms with Crippen LogP contribution in [0, 0.1) is 6.92 Å². The van der Waals surface area contributed by atoms with E-state index < -0.39 is 0 Å². The number of aryl methyl sites for hydroxylation is 1. The molecule has 2 aromatic carbocycles. The van der Waals surface area contributed by atoms with Gasteiger partial charge in [-0.25, -0.2) is 0 Å². The molecule has 0 atom stereocenters. The Balaban J connectivity index is 1.93. The van der Waals surface area contributed by atoms with E-state index in [1.54, 1.807) is 12.1 Å². The average molecular weight is 328 g/mol. The number of carbonyl (C=O) groups is 1.